The zero-order valence-electron chi connectivity index (χ0n) is 40.0. The minimum atomic E-state index is -4.64. The van der Waals surface area contributed by atoms with E-state index in [0.717, 1.165) is 55.1 Å². The monoisotopic (exact) mass is 952 g/mol. The molecule has 1 saturated carbocycles. The topological polar surface area (TPSA) is 139 Å². The number of piperidine rings is 2. The van der Waals surface area contributed by atoms with Crippen molar-refractivity contribution in [3.63, 3.8) is 0 Å². The van der Waals surface area contributed by atoms with E-state index in [9.17, 15) is 5.11 Å². The minimum absolute atomic E-state index is 0.0806. The molecular weight excluding hydrogens is 884 g/mol. The number of para-hydroxylation sites is 2. The smallest absolute Gasteiger partial charge is 0.466 e. The summed E-state index contributed by atoms with van der Waals surface area (Å²) in [5, 5.41) is 10.6. The molecule has 12 rings (SSSR count). The van der Waals surface area contributed by atoms with Crippen molar-refractivity contribution in [2.75, 3.05) is 66.9 Å². The summed E-state index contributed by atoms with van der Waals surface area (Å²) in [6, 6.07) is 30.2. The van der Waals surface area contributed by atoms with E-state index in [1.165, 1.54) is 77.4 Å². The largest absolute Gasteiger partial charge is 0.497 e. The van der Waals surface area contributed by atoms with Gasteiger partial charge in [-0.1, -0.05) is 73.2 Å². The van der Waals surface area contributed by atoms with Crippen LogP contribution >= 0.6 is 19.6 Å². The third-order valence-corrected chi connectivity index (χ3v) is 17.7. The standard InChI is InChI=1S/C18H21NO3.C18H25NO.C17H20N2S.H3O4P/c1-19-8-7-18-11-4-5-13(20)17(18)22-16-14(21-2)6-3-10(15(16)18)9-12(11)19;1-19-10-9-18-8-4-3-5-15(18)17(19)11-13-6-7-14(20-2)12-16(13)18;1-13(18(2)3)12-19-14-8-4-6-10-16(14)20-17-11-7-5-9-15(17)19;1-5(2,3)4/h3-6,11-13,17,20H,7-9H2,1-2H3;6-7,12,15,17H,3-5,8-11H2,1-2H3;4-11,13H,12H2,1-3H3;(H3,1,2,3,4)/t11-,12+,13-,17-,18-;15-,17+,18+;;/m01../s1. The van der Waals surface area contributed by atoms with Gasteiger partial charge in [-0.05, 0) is 152 Å². The van der Waals surface area contributed by atoms with Crippen LogP contribution in [0.25, 0.3) is 0 Å². The number of benzene rings is 4. The van der Waals surface area contributed by atoms with Crippen LogP contribution in [0, 0.1) is 11.8 Å². The van der Waals surface area contributed by atoms with Crippen molar-refractivity contribution < 1.29 is 38.6 Å². The molecule has 360 valence electrons. The van der Waals surface area contributed by atoms with E-state index in [4.69, 9.17) is 33.5 Å². The number of aliphatic hydroxyl groups excluding tert-OH is 1. The summed E-state index contributed by atoms with van der Waals surface area (Å²) in [6.07, 6.45) is 13.8. The lowest BCUT2D eigenvalue weighted by molar-refractivity contribution is -0.0453. The molecule has 0 radical (unpaired) electrons. The number of likely N-dealkylation sites (tertiary alicyclic amines) is 2. The number of nitrogens with zero attached hydrogens (tertiary/aromatic N) is 4. The van der Waals surface area contributed by atoms with Crippen molar-refractivity contribution in [2.24, 2.45) is 11.8 Å². The second-order valence-electron chi connectivity index (χ2n) is 20.1. The van der Waals surface area contributed by atoms with Gasteiger partial charge >= 0.3 is 7.82 Å². The van der Waals surface area contributed by atoms with Gasteiger partial charge in [-0.25, -0.2) is 4.57 Å². The van der Waals surface area contributed by atoms with Crippen LogP contribution in [0.5, 0.6) is 17.2 Å². The molecule has 4 aliphatic carbocycles. The predicted octanol–water partition coefficient (Wildman–Crippen LogP) is 8.20. The first-order valence-corrected chi connectivity index (χ1v) is 26.4. The van der Waals surface area contributed by atoms with Gasteiger partial charge in [0.1, 0.15) is 18.0 Å². The molecule has 1 spiro atoms. The van der Waals surface area contributed by atoms with Gasteiger partial charge in [-0.3, -0.25) is 0 Å². The van der Waals surface area contributed by atoms with Gasteiger partial charge in [-0.15, -0.1) is 0 Å². The lowest BCUT2D eigenvalue weighted by Crippen LogP contribution is -2.64. The van der Waals surface area contributed by atoms with E-state index < -0.39 is 13.9 Å². The van der Waals surface area contributed by atoms with Crippen molar-refractivity contribution in [2.45, 2.75) is 109 Å². The van der Waals surface area contributed by atoms with E-state index in [0.29, 0.717) is 23.4 Å². The summed E-state index contributed by atoms with van der Waals surface area (Å²) in [7, 11) is 7.67. The van der Waals surface area contributed by atoms with E-state index in [2.05, 4.69) is 134 Å². The van der Waals surface area contributed by atoms with Crippen LogP contribution in [-0.4, -0.2) is 127 Å². The molecule has 4 bridgehead atoms. The number of rotatable bonds is 5. The molecular formula is C53H69N4O8PS. The summed E-state index contributed by atoms with van der Waals surface area (Å²) in [4.78, 5) is 34.1. The number of likely N-dealkylation sites (N-methyl/N-ethyl adjacent to an activating group) is 3. The van der Waals surface area contributed by atoms with Gasteiger partial charge in [0.05, 0.1) is 25.6 Å². The number of aliphatic hydroxyl groups is 1. The second-order valence-corrected chi connectivity index (χ2v) is 22.2. The Morgan fingerprint density at radius 2 is 1.48 bits per heavy atom. The highest BCUT2D eigenvalue weighted by Crippen LogP contribution is 2.62. The summed E-state index contributed by atoms with van der Waals surface area (Å²) < 4.78 is 26.2. The Morgan fingerprint density at radius 1 is 0.836 bits per heavy atom. The Bertz CT molecular complexity index is 2470. The van der Waals surface area contributed by atoms with Gasteiger partial charge in [0.15, 0.2) is 11.5 Å². The first-order chi connectivity index (χ1) is 32.1. The van der Waals surface area contributed by atoms with Gasteiger partial charge in [-0.2, -0.15) is 0 Å². The maximum absolute atomic E-state index is 10.6. The molecule has 4 aliphatic heterocycles. The summed E-state index contributed by atoms with van der Waals surface area (Å²) in [5.74, 6) is 4.00. The molecule has 0 aromatic heterocycles. The number of ether oxygens (including phenoxy) is 3. The number of hydrogen-bond donors (Lipinski definition) is 4. The van der Waals surface area contributed by atoms with Crippen LogP contribution in [-0.2, 0) is 28.2 Å². The molecule has 4 aromatic rings. The summed E-state index contributed by atoms with van der Waals surface area (Å²) in [6.45, 7) is 5.59. The first kappa shape index (κ1) is 48.2. The predicted molar refractivity (Wildman–Crippen MR) is 265 cm³/mol. The minimum Gasteiger partial charge on any atom is -0.497 e. The molecule has 0 amide bonds. The molecule has 4 heterocycles. The van der Waals surface area contributed by atoms with Crippen molar-refractivity contribution in [1.82, 2.24) is 14.7 Å². The Labute approximate surface area is 401 Å². The van der Waals surface area contributed by atoms with Crippen LogP contribution in [0.4, 0.5) is 11.4 Å². The van der Waals surface area contributed by atoms with Gasteiger partial charge < -0.3 is 53.6 Å². The average Bonchev–Trinajstić information content (AvgIpc) is 3.68. The maximum atomic E-state index is 10.6. The van der Waals surface area contributed by atoms with Crippen molar-refractivity contribution in [3.05, 3.63) is 113 Å². The number of anilines is 2. The van der Waals surface area contributed by atoms with Crippen molar-refractivity contribution in [1.29, 1.82) is 0 Å². The Balaban J connectivity index is 0.000000120. The van der Waals surface area contributed by atoms with Gasteiger partial charge in [0.2, 0.25) is 0 Å². The third kappa shape index (κ3) is 8.87. The van der Waals surface area contributed by atoms with E-state index in [1.54, 1.807) is 25.3 Å². The zero-order valence-corrected chi connectivity index (χ0v) is 41.8. The molecule has 4 aromatic carbocycles. The molecule has 3 fully saturated rings. The van der Waals surface area contributed by atoms with Crippen LogP contribution in [0.15, 0.2) is 101 Å². The lowest BCUT2D eigenvalue weighted by atomic mass is 9.52. The Morgan fingerprint density at radius 3 is 2.15 bits per heavy atom. The molecule has 4 N–H and O–H groups in total. The quantitative estimate of drug-likeness (QED) is 0.113. The third-order valence-electron chi connectivity index (χ3n) is 16.5. The highest BCUT2D eigenvalue weighted by atomic mass is 32.2. The molecule has 12 nitrogen and oxygen atoms in total. The fourth-order valence-electron chi connectivity index (χ4n) is 13.1. The zero-order chi connectivity index (χ0) is 47.4. The number of fused-ring (bicyclic) bond motifs is 3. The van der Waals surface area contributed by atoms with Crippen molar-refractivity contribution >= 4 is 31.0 Å². The number of hydrogen-bond acceptors (Lipinski definition) is 10. The lowest BCUT2D eigenvalue weighted by Gasteiger charge is -2.58. The second kappa shape index (κ2) is 19.1. The molecule has 8 aliphatic rings. The molecule has 2 saturated heterocycles. The van der Waals surface area contributed by atoms with Crippen LogP contribution in [0.1, 0.15) is 67.7 Å². The molecule has 14 heteroatoms. The fourth-order valence-corrected chi connectivity index (χ4v) is 14.2. The summed E-state index contributed by atoms with van der Waals surface area (Å²) >= 11 is 1.87. The van der Waals surface area contributed by atoms with E-state index in [1.807, 2.05) is 23.9 Å². The normalized spacial score (nSPS) is 29.6. The summed E-state index contributed by atoms with van der Waals surface area (Å²) in [5.41, 5.74) is 8.92. The maximum Gasteiger partial charge on any atom is 0.466 e. The number of methoxy groups -OCH3 is 2. The highest BCUT2D eigenvalue weighted by Gasteiger charge is 2.64. The average molecular weight is 953 g/mol. The molecule has 9 atom stereocenters. The van der Waals surface area contributed by atoms with Crippen molar-refractivity contribution in [3.8, 4) is 17.2 Å². The molecule has 67 heavy (non-hydrogen) atoms. The van der Waals surface area contributed by atoms with Crippen LogP contribution in [0.2, 0.25) is 0 Å². The van der Waals surface area contributed by atoms with Gasteiger partial charge in [0.25, 0.3) is 0 Å². The van der Waals surface area contributed by atoms with E-state index >= 15 is 0 Å². The Kier molecular flexibility index (Phi) is 13.8. The first-order valence-electron chi connectivity index (χ1n) is 24.0. The van der Waals surface area contributed by atoms with Crippen LogP contribution in [0.3, 0.4) is 0 Å². The van der Waals surface area contributed by atoms with Crippen LogP contribution < -0.4 is 19.1 Å². The highest BCUT2D eigenvalue weighted by molar-refractivity contribution is 7.99. The number of phosphoric acid groups is 1. The molecule has 1 unspecified atom stereocenters. The van der Waals surface area contributed by atoms with E-state index in [-0.39, 0.29) is 11.5 Å². The van der Waals surface area contributed by atoms with Gasteiger partial charge in [0, 0.05) is 56.8 Å². The fraction of sp³-hybridized carbons (Fsp3) is 0.509. The Hall–Kier alpha value is -3.88. The SMILES string of the molecule is CC(CN1c2ccccc2Sc2ccccc21)N(C)C.COc1ccc2c(c1)[C@]13CCCC[C@@H]1[C@H](C2)N(C)CC3.COc1ccc2c3c1O[C@H]1[C@@H](O)C=C[C@H]4[C@@H](C2)N(C)CC[C@@]341.O=P(O)(O)O.